The molecule has 0 aliphatic rings. The van der Waals surface area contributed by atoms with Gasteiger partial charge in [-0.25, -0.2) is 0 Å². The van der Waals surface area contributed by atoms with E-state index in [9.17, 15) is 0 Å². The zero-order chi connectivity index (χ0) is 13.2. The van der Waals surface area contributed by atoms with E-state index in [0.717, 1.165) is 0 Å². The maximum atomic E-state index is 2.67. The van der Waals surface area contributed by atoms with Crippen LogP contribution in [0.1, 0.15) is 66.5 Å². The molecule has 0 fully saturated rings. The first-order valence-corrected chi connectivity index (χ1v) is 12.7. The van der Waals surface area contributed by atoms with E-state index in [0.29, 0.717) is 0 Å². The standard InChI is InChI=1S/C16H28Te2/c1-4-7-10-14-13-16(17-12-9-6-3)15(18-14)11-8-5-2/h13H,4-12H2,1-3H3. The molecule has 2 heteroatoms. The number of hydrogen-bond acceptors (Lipinski definition) is 0. The first-order chi connectivity index (χ1) is 8.81. The molecular weight excluding hydrogens is 447 g/mol. The molecule has 0 aliphatic heterocycles. The molecule has 0 nitrogen and oxygen atoms in total. The fourth-order valence-electron chi connectivity index (χ4n) is 1.90. The van der Waals surface area contributed by atoms with Gasteiger partial charge in [0.25, 0.3) is 0 Å². The second kappa shape index (κ2) is 10.8. The van der Waals surface area contributed by atoms with Gasteiger partial charge in [0.05, 0.1) is 0 Å². The fourth-order valence-corrected chi connectivity index (χ4v) is 11.1. The van der Waals surface area contributed by atoms with Crippen LogP contribution < -0.4 is 3.61 Å². The summed E-state index contributed by atoms with van der Waals surface area (Å²) in [7, 11) is 0. The second-order valence-corrected chi connectivity index (χ2v) is 11.6. The average Bonchev–Trinajstić information content (AvgIpc) is 2.77. The molecule has 0 saturated heterocycles. The topological polar surface area (TPSA) is 0 Å². The Hall–Kier alpha value is 1.06. The van der Waals surface area contributed by atoms with Crippen molar-refractivity contribution >= 4 is 45.0 Å². The Balaban J connectivity index is 2.60. The Morgan fingerprint density at radius 3 is 2.28 bits per heavy atom. The van der Waals surface area contributed by atoms with E-state index in [1.54, 1.807) is 0 Å². The van der Waals surface area contributed by atoms with Crippen molar-refractivity contribution in [2.45, 2.75) is 76.6 Å². The van der Waals surface area contributed by atoms with Crippen LogP contribution in [0.5, 0.6) is 0 Å². The van der Waals surface area contributed by atoms with Crippen molar-refractivity contribution in [2.75, 3.05) is 0 Å². The van der Waals surface area contributed by atoms with Crippen LogP contribution in [0.2, 0.25) is 4.47 Å². The van der Waals surface area contributed by atoms with Crippen LogP contribution in [0.25, 0.3) is 0 Å². The van der Waals surface area contributed by atoms with Crippen LogP contribution in [0.3, 0.4) is 0 Å². The van der Waals surface area contributed by atoms with Crippen LogP contribution in [0.15, 0.2) is 6.07 Å². The SMILES string of the molecule is CCCC[Te]c1cc(CCCC)[te]c1CCCC. The predicted molar refractivity (Wildman–Crippen MR) is 85.7 cm³/mol. The summed E-state index contributed by atoms with van der Waals surface area (Å²) in [5.74, 6) is 0. The molecule has 0 bridgehead atoms. The quantitative estimate of drug-likeness (QED) is 0.355. The summed E-state index contributed by atoms with van der Waals surface area (Å²) >= 11 is 0.271. The molecular formula is C16H28Te2. The Labute approximate surface area is 134 Å². The van der Waals surface area contributed by atoms with E-state index in [1.807, 2.05) is 10.8 Å². The van der Waals surface area contributed by atoms with Crippen molar-refractivity contribution in [3.8, 4) is 0 Å². The van der Waals surface area contributed by atoms with Gasteiger partial charge < -0.3 is 0 Å². The fraction of sp³-hybridized carbons (Fsp3) is 0.750. The van der Waals surface area contributed by atoms with E-state index in [4.69, 9.17) is 0 Å². The van der Waals surface area contributed by atoms with E-state index in [2.05, 4.69) is 26.8 Å². The van der Waals surface area contributed by atoms with E-state index in [-0.39, 0.29) is 41.4 Å². The summed E-state index contributed by atoms with van der Waals surface area (Å²) in [6.45, 7) is 6.97. The summed E-state index contributed by atoms with van der Waals surface area (Å²) in [4.78, 5) is 0. The number of hydrogen-bond donors (Lipinski definition) is 0. The van der Waals surface area contributed by atoms with Crippen molar-refractivity contribution in [1.29, 1.82) is 0 Å². The minimum absolute atomic E-state index is 0.106. The molecule has 0 N–H and O–H groups in total. The zero-order valence-corrected chi connectivity index (χ0v) is 16.9. The molecule has 104 valence electrons. The van der Waals surface area contributed by atoms with Gasteiger partial charge in [-0.15, -0.1) is 0 Å². The van der Waals surface area contributed by atoms with Crippen molar-refractivity contribution in [3.05, 3.63) is 13.2 Å². The van der Waals surface area contributed by atoms with Crippen LogP contribution in [-0.2, 0) is 12.8 Å². The van der Waals surface area contributed by atoms with E-state index in [1.165, 1.54) is 55.8 Å². The third-order valence-corrected chi connectivity index (χ3v) is 11.3. The molecule has 1 rings (SSSR count). The molecule has 0 unspecified atom stereocenters. The van der Waals surface area contributed by atoms with Crippen LogP contribution >= 0.6 is 0 Å². The Morgan fingerprint density at radius 1 is 0.944 bits per heavy atom. The first-order valence-electron chi connectivity index (χ1n) is 7.56. The summed E-state index contributed by atoms with van der Waals surface area (Å²) in [5.41, 5.74) is 0. The first kappa shape index (κ1) is 17.1. The van der Waals surface area contributed by atoms with Crippen LogP contribution in [-0.4, -0.2) is 41.4 Å². The van der Waals surface area contributed by atoms with Gasteiger partial charge in [-0.2, -0.15) is 0 Å². The molecule has 1 heterocycles. The molecule has 0 amide bonds. The number of aryl methyl sites for hydroxylation is 2. The van der Waals surface area contributed by atoms with Gasteiger partial charge in [0.15, 0.2) is 0 Å². The third-order valence-electron chi connectivity index (χ3n) is 3.11. The van der Waals surface area contributed by atoms with Crippen molar-refractivity contribution in [1.82, 2.24) is 0 Å². The van der Waals surface area contributed by atoms with Crippen LogP contribution in [0, 0.1) is 0 Å². The maximum absolute atomic E-state index is 2.67. The molecule has 0 radical (unpaired) electrons. The van der Waals surface area contributed by atoms with Crippen LogP contribution in [0.4, 0.5) is 0 Å². The van der Waals surface area contributed by atoms with Crippen molar-refractivity contribution in [3.63, 3.8) is 0 Å². The van der Waals surface area contributed by atoms with Crippen molar-refractivity contribution < 1.29 is 0 Å². The number of rotatable bonds is 10. The number of unbranched alkanes of at least 4 members (excludes halogenated alkanes) is 3. The molecule has 0 atom stereocenters. The Bertz CT molecular complexity index is 315. The van der Waals surface area contributed by atoms with Gasteiger partial charge in [0.2, 0.25) is 0 Å². The average molecular weight is 476 g/mol. The van der Waals surface area contributed by atoms with Gasteiger partial charge >= 0.3 is 135 Å². The normalized spacial score (nSPS) is 11.1. The minimum atomic E-state index is 0.106. The summed E-state index contributed by atoms with van der Waals surface area (Å²) in [6, 6.07) is 2.67. The molecule has 1 aromatic rings. The molecule has 0 aliphatic carbocycles. The summed E-state index contributed by atoms with van der Waals surface area (Å²) in [5, 5.41) is 0. The molecule has 1 aromatic heterocycles. The monoisotopic (exact) mass is 480 g/mol. The zero-order valence-electron chi connectivity index (χ0n) is 12.3. The Kier molecular flexibility index (Phi) is 10.3. The third kappa shape index (κ3) is 6.48. The predicted octanol–water partition coefficient (Wildman–Crippen LogP) is 3.98. The van der Waals surface area contributed by atoms with E-state index < -0.39 is 0 Å². The second-order valence-electron chi connectivity index (χ2n) is 4.91. The molecule has 0 spiro atoms. The Morgan fingerprint density at radius 2 is 1.61 bits per heavy atom. The summed E-state index contributed by atoms with van der Waals surface area (Å²) < 4.78 is 7.28. The molecule has 18 heavy (non-hydrogen) atoms. The van der Waals surface area contributed by atoms with E-state index >= 15 is 0 Å². The molecule has 0 aromatic carbocycles. The van der Waals surface area contributed by atoms with Crippen molar-refractivity contribution in [2.24, 2.45) is 0 Å². The van der Waals surface area contributed by atoms with Gasteiger partial charge in [0, 0.05) is 0 Å². The summed E-state index contributed by atoms with van der Waals surface area (Å²) in [6.07, 6.45) is 11.3. The molecule has 0 saturated carbocycles. The van der Waals surface area contributed by atoms with Gasteiger partial charge in [-0.05, 0) is 0 Å². The van der Waals surface area contributed by atoms with Gasteiger partial charge in [-0.1, -0.05) is 0 Å². The van der Waals surface area contributed by atoms with Gasteiger partial charge in [-0.3, -0.25) is 0 Å². The van der Waals surface area contributed by atoms with Gasteiger partial charge in [0.1, 0.15) is 0 Å².